The molecular formula is C22H21ClN4OS. The molecular weight excluding hydrogens is 404 g/mol. The standard InChI is InChI=1S/C22H21ClN4OS/c1-22(2,3)20-24-16-10-9-13(11-17(16)27(20)4)12-18-19(28)26-21(29-18)25-15-8-6-5-7-14(15)23/h5-12H,1-4H3,(H,25,26,28)/b18-12-. The molecule has 2 heterocycles. The normalized spacial score (nSPS) is 16.0. The number of hydrogen-bond donors (Lipinski definition) is 1. The smallest absolute Gasteiger partial charge is 0.286 e. The summed E-state index contributed by atoms with van der Waals surface area (Å²) in [6.07, 6.45) is 1.86. The van der Waals surface area contributed by atoms with Gasteiger partial charge in [0.05, 0.1) is 26.6 Å². The number of aromatic nitrogens is 2. The third kappa shape index (κ3) is 3.95. The third-order valence-corrected chi connectivity index (χ3v) is 5.84. The lowest BCUT2D eigenvalue weighted by atomic mass is 9.96. The first-order valence-electron chi connectivity index (χ1n) is 9.23. The van der Waals surface area contributed by atoms with Gasteiger partial charge in [-0.2, -0.15) is 4.99 Å². The van der Waals surface area contributed by atoms with Crippen LogP contribution in [0.15, 0.2) is 52.4 Å². The Labute approximate surface area is 178 Å². The highest BCUT2D eigenvalue weighted by molar-refractivity contribution is 8.18. The Morgan fingerprint density at radius 2 is 1.93 bits per heavy atom. The molecule has 3 aromatic rings. The molecule has 0 bridgehead atoms. The maximum atomic E-state index is 12.4. The first-order chi connectivity index (χ1) is 13.7. The van der Waals surface area contributed by atoms with E-state index in [-0.39, 0.29) is 11.3 Å². The lowest BCUT2D eigenvalue weighted by Crippen LogP contribution is -2.17. The topological polar surface area (TPSA) is 59.3 Å². The highest BCUT2D eigenvalue weighted by atomic mass is 35.5. The molecule has 1 amide bonds. The predicted octanol–water partition coefficient (Wildman–Crippen LogP) is 5.61. The average molecular weight is 425 g/mol. The van der Waals surface area contributed by atoms with Crippen LogP contribution < -0.4 is 5.32 Å². The fourth-order valence-corrected chi connectivity index (χ4v) is 4.27. The second-order valence-electron chi connectivity index (χ2n) is 7.93. The van der Waals surface area contributed by atoms with Gasteiger partial charge in [-0.25, -0.2) is 4.98 Å². The minimum Gasteiger partial charge on any atom is -0.333 e. The molecule has 0 fully saturated rings. The Morgan fingerprint density at radius 1 is 1.17 bits per heavy atom. The maximum Gasteiger partial charge on any atom is 0.286 e. The number of anilines is 1. The van der Waals surface area contributed by atoms with E-state index in [1.165, 1.54) is 11.8 Å². The molecule has 0 radical (unpaired) electrons. The molecule has 148 valence electrons. The van der Waals surface area contributed by atoms with Gasteiger partial charge in [0, 0.05) is 12.5 Å². The molecule has 0 saturated heterocycles. The number of benzene rings is 2. The van der Waals surface area contributed by atoms with Crippen molar-refractivity contribution in [1.82, 2.24) is 9.55 Å². The Balaban J connectivity index is 1.60. The molecule has 7 heteroatoms. The molecule has 4 rings (SSSR count). The number of aliphatic imine (C=N–C) groups is 1. The Hall–Kier alpha value is -2.57. The molecule has 0 unspecified atom stereocenters. The number of hydrogen-bond acceptors (Lipinski definition) is 4. The van der Waals surface area contributed by atoms with Crippen LogP contribution in [-0.4, -0.2) is 20.6 Å². The second-order valence-corrected chi connectivity index (χ2v) is 9.37. The van der Waals surface area contributed by atoms with Crippen LogP contribution in [0.3, 0.4) is 0 Å². The summed E-state index contributed by atoms with van der Waals surface area (Å²) in [6, 6.07) is 13.4. The molecule has 0 saturated carbocycles. The van der Waals surface area contributed by atoms with Gasteiger partial charge in [0.15, 0.2) is 5.17 Å². The lowest BCUT2D eigenvalue weighted by Gasteiger charge is -2.17. The van der Waals surface area contributed by atoms with Crippen LogP contribution in [0.5, 0.6) is 0 Å². The van der Waals surface area contributed by atoms with E-state index >= 15 is 0 Å². The van der Waals surface area contributed by atoms with Crippen LogP contribution in [0.2, 0.25) is 5.02 Å². The van der Waals surface area contributed by atoms with Gasteiger partial charge in [-0.05, 0) is 47.7 Å². The van der Waals surface area contributed by atoms with E-state index in [0.717, 1.165) is 28.1 Å². The number of halogens is 1. The third-order valence-electron chi connectivity index (χ3n) is 4.61. The first kappa shape index (κ1) is 19.7. The van der Waals surface area contributed by atoms with Gasteiger partial charge < -0.3 is 9.88 Å². The summed E-state index contributed by atoms with van der Waals surface area (Å²) < 4.78 is 2.11. The zero-order valence-corrected chi connectivity index (χ0v) is 18.2. The number of carbonyl (C=O) groups excluding carboxylic acids is 1. The van der Waals surface area contributed by atoms with Crippen molar-refractivity contribution in [2.45, 2.75) is 26.2 Å². The zero-order valence-electron chi connectivity index (χ0n) is 16.7. The van der Waals surface area contributed by atoms with Crippen LogP contribution in [0, 0.1) is 0 Å². The number of amidine groups is 1. The van der Waals surface area contributed by atoms with Crippen molar-refractivity contribution in [3.63, 3.8) is 0 Å². The van der Waals surface area contributed by atoms with E-state index in [1.807, 2.05) is 43.5 Å². The van der Waals surface area contributed by atoms with Crippen molar-refractivity contribution in [3.8, 4) is 0 Å². The van der Waals surface area contributed by atoms with Crippen LogP contribution in [0.25, 0.3) is 17.1 Å². The van der Waals surface area contributed by atoms with Crippen LogP contribution >= 0.6 is 23.4 Å². The molecule has 2 aromatic carbocycles. The predicted molar refractivity (Wildman–Crippen MR) is 122 cm³/mol. The largest absolute Gasteiger partial charge is 0.333 e. The monoisotopic (exact) mass is 424 g/mol. The second kappa shape index (κ2) is 7.35. The molecule has 1 aromatic heterocycles. The fraction of sp³-hybridized carbons (Fsp3) is 0.227. The highest BCUT2D eigenvalue weighted by Gasteiger charge is 2.23. The van der Waals surface area contributed by atoms with Crippen molar-refractivity contribution in [1.29, 1.82) is 0 Å². The summed E-state index contributed by atoms with van der Waals surface area (Å²) in [6.45, 7) is 6.45. The van der Waals surface area contributed by atoms with Gasteiger partial charge in [0.2, 0.25) is 0 Å². The van der Waals surface area contributed by atoms with Gasteiger partial charge in [-0.15, -0.1) is 0 Å². The molecule has 1 aliphatic rings. The summed E-state index contributed by atoms with van der Waals surface area (Å²) in [5.74, 6) is 0.767. The first-order valence-corrected chi connectivity index (χ1v) is 10.4. The number of amides is 1. The average Bonchev–Trinajstić information content (AvgIpc) is 3.17. The summed E-state index contributed by atoms with van der Waals surface area (Å²) in [7, 11) is 2.02. The molecule has 1 N–H and O–H groups in total. The van der Waals surface area contributed by atoms with Crippen molar-refractivity contribution in [2.24, 2.45) is 12.0 Å². The van der Waals surface area contributed by atoms with E-state index in [2.05, 4.69) is 41.7 Å². The molecule has 29 heavy (non-hydrogen) atoms. The van der Waals surface area contributed by atoms with E-state index in [9.17, 15) is 4.79 Å². The molecule has 5 nitrogen and oxygen atoms in total. The highest BCUT2D eigenvalue weighted by Crippen LogP contribution is 2.32. The summed E-state index contributed by atoms with van der Waals surface area (Å²) in [5.41, 5.74) is 3.60. The Bertz CT molecular complexity index is 1190. The fourth-order valence-electron chi connectivity index (χ4n) is 3.26. The number of imidazole rings is 1. The zero-order chi connectivity index (χ0) is 20.8. The van der Waals surface area contributed by atoms with Crippen molar-refractivity contribution in [2.75, 3.05) is 5.32 Å². The maximum absolute atomic E-state index is 12.4. The van der Waals surface area contributed by atoms with E-state index in [1.54, 1.807) is 6.07 Å². The quantitative estimate of drug-likeness (QED) is 0.543. The van der Waals surface area contributed by atoms with Crippen LogP contribution in [0.4, 0.5) is 5.69 Å². The van der Waals surface area contributed by atoms with E-state index in [0.29, 0.717) is 15.1 Å². The Kier molecular flexibility index (Phi) is 5.00. The molecule has 0 aliphatic carbocycles. The van der Waals surface area contributed by atoms with Crippen molar-refractivity contribution in [3.05, 3.63) is 63.8 Å². The Morgan fingerprint density at radius 3 is 2.66 bits per heavy atom. The number of rotatable bonds is 2. The summed E-state index contributed by atoms with van der Waals surface area (Å²) in [4.78, 5) is 21.8. The van der Waals surface area contributed by atoms with Gasteiger partial charge in [0.25, 0.3) is 5.91 Å². The van der Waals surface area contributed by atoms with Gasteiger partial charge in [-0.1, -0.05) is 50.6 Å². The van der Waals surface area contributed by atoms with Gasteiger partial charge >= 0.3 is 0 Å². The molecule has 0 spiro atoms. The minimum atomic E-state index is -0.259. The van der Waals surface area contributed by atoms with Gasteiger partial charge in [0.1, 0.15) is 5.82 Å². The SMILES string of the molecule is Cn1c(C(C)(C)C)nc2ccc(/C=C3\SC(Nc4ccccc4Cl)=NC3=O)cc21. The number of nitrogens with zero attached hydrogens (tertiary/aromatic N) is 3. The number of aryl methyl sites for hydroxylation is 1. The lowest BCUT2D eigenvalue weighted by molar-refractivity contribution is -0.113. The number of fused-ring (bicyclic) bond motifs is 1. The molecule has 1 aliphatic heterocycles. The van der Waals surface area contributed by atoms with Crippen LogP contribution in [0.1, 0.15) is 32.2 Å². The summed E-state index contributed by atoms with van der Waals surface area (Å²) in [5, 5.41) is 4.22. The summed E-state index contributed by atoms with van der Waals surface area (Å²) >= 11 is 7.48. The number of carbonyl (C=O) groups is 1. The number of nitrogens with one attached hydrogen (secondary N) is 1. The number of para-hydroxylation sites is 1. The van der Waals surface area contributed by atoms with Gasteiger partial charge in [-0.3, -0.25) is 4.79 Å². The van der Waals surface area contributed by atoms with E-state index < -0.39 is 0 Å². The van der Waals surface area contributed by atoms with Crippen LogP contribution in [-0.2, 0) is 17.3 Å². The van der Waals surface area contributed by atoms with E-state index in [4.69, 9.17) is 16.6 Å². The molecule has 0 atom stereocenters. The minimum absolute atomic E-state index is 0.0449. The number of thioether (sulfide) groups is 1. The van der Waals surface area contributed by atoms with Crippen molar-refractivity contribution >= 4 is 57.2 Å². The van der Waals surface area contributed by atoms with Crippen molar-refractivity contribution < 1.29 is 4.79 Å².